The highest BCUT2D eigenvalue weighted by Gasteiger charge is 2.10. The maximum atomic E-state index is 12.0. The molecular weight excluding hydrogens is 461 g/mol. The maximum Gasteiger partial charge on any atom is 0.267 e. The molecule has 0 aliphatic carbocycles. The summed E-state index contributed by atoms with van der Waals surface area (Å²) in [4.78, 5) is 0. The molecule has 35 heavy (non-hydrogen) atoms. The molecule has 0 fully saturated rings. The Bertz CT molecular complexity index is 475. The van der Waals surface area contributed by atoms with Crippen LogP contribution < -0.4 is 5.32 Å². The van der Waals surface area contributed by atoms with Crippen LogP contribution in [0.15, 0.2) is 0 Å². The van der Waals surface area contributed by atoms with E-state index in [0.29, 0.717) is 19.4 Å². The van der Waals surface area contributed by atoms with E-state index < -0.39 is 10.1 Å². The molecule has 0 aliphatic heterocycles. The minimum absolute atomic E-state index is 0.161. The third kappa shape index (κ3) is 36.0. The summed E-state index contributed by atoms with van der Waals surface area (Å²) in [5, 5.41) is 2.75. The number of halogens is 1. The van der Waals surface area contributed by atoms with Gasteiger partial charge in [0.1, 0.15) is 0 Å². The fourth-order valence-corrected chi connectivity index (χ4v) is 5.20. The minimum atomic E-state index is -3.34. The number of rotatable bonds is 27. The van der Waals surface area contributed by atoms with Gasteiger partial charge in [-0.15, -0.1) is 0 Å². The van der Waals surface area contributed by atoms with Crippen molar-refractivity contribution in [1.29, 1.82) is 0 Å². The van der Waals surface area contributed by atoms with E-state index in [9.17, 15) is 12.8 Å². The van der Waals surface area contributed by atoms with Crippen LogP contribution in [0.2, 0.25) is 0 Å². The fraction of sp³-hybridized carbons (Fsp3) is 1.00. The summed E-state index contributed by atoms with van der Waals surface area (Å²) in [6, 6.07) is 0. The van der Waals surface area contributed by atoms with Crippen molar-refractivity contribution < 1.29 is 17.0 Å². The summed E-state index contributed by atoms with van der Waals surface area (Å²) in [7, 11) is 0.411. The highest BCUT2D eigenvalue weighted by atomic mass is 32.2. The van der Waals surface area contributed by atoms with E-state index >= 15 is 0 Å². The summed E-state index contributed by atoms with van der Waals surface area (Å²) in [6.07, 6.45) is 27.1. The summed E-state index contributed by atoms with van der Waals surface area (Å²) in [5.74, 6) is 0.161. The number of nitrogens with one attached hydrogen (secondary N) is 1. The van der Waals surface area contributed by atoms with Gasteiger partial charge in [0.2, 0.25) is 0 Å². The van der Waals surface area contributed by atoms with Crippen molar-refractivity contribution in [1.82, 2.24) is 5.32 Å². The smallest absolute Gasteiger partial charge is 0.267 e. The van der Waals surface area contributed by atoms with Gasteiger partial charge >= 0.3 is 0 Å². The monoisotopic (exact) mass is 523 g/mol. The van der Waals surface area contributed by atoms with Crippen LogP contribution in [0.25, 0.3) is 0 Å². The lowest BCUT2D eigenvalue weighted by Gasteiger charge is -2.06. The van der Waals surface area contributed by atoms with Gasteiger partial charge in [0, 0.05) is 0 Å². The summed E-state index contributed by atoms with van der Waals surface area (Å²) in [5.41, 5.74) is 0. The first-order valence-corrected chi connectivity index (χ1v) is 16.6. The zero-order valence-electron chi connectivity index (χ0n) is 23.9. The van der Waals surface area contributed by atoms with Crippen molar-refractivity contribution >= 4 is 10.1 Å². The van der Waals surface area contributed by atoms with Gasteiger partial charge in [-0.25, -0.2) is 0 Å². The largest absolute Gasteiger partial charge is 0.323 e. The van der Waals surface area contributed by atoms with E-state index in [1.807, 2.05) is 14.1 Å². The molecule has 0 spiro atoms. The molecule has 0 aromatic rings. The third-order valence-corrected chi connectivity index (χ3v) is 7.60. The average Bonchev–Trinajstić information content (AvgIpc) is 2.83. The lowest BCUT2D eigenvalue weighted by Crippen LogP contribution is -2.11. The number of alkyl halides is 1. The average molecular weight is 524 g/mol. The van der Waals surface area contributed by atoms with Crippen molar-refractivity contribution in [3.8, 4) is 0 Å². The molecule has 0 saturated carbocycles. The summed E-state index contributed by atoms with van der Waals surface area (Å²) < 4.78 is 41.1. The molecule has 4 nitrogen and oxygen atoms in total. The quantitative estimate of drug-likeness (QED) is 0.0861. The number of unbranched alkanes of at least 4 members (excludes halogenated alkanes) is 21. The van der Waals surface area contributed by atoms with Gasteiger partial charge in [-0.2, -0.15) is 8.42 Å². The lowest BCUT2D eigenvalue weighted by atomic mass is 10.0. The molecule has 0 unspecified atom stereocenters. The van der Waals surface area contributed by atoms with Crippen molar-refractivity contribution in [3.63, 3.8) is 0 Å². The van der Waals surface area contributed by atoms with E-state index in [1.165, 1.54) is 96.3 Å². The van der Waals surface area contributed by atoms with Gasteiger partial charge in [-0.1, -0.05) is 135 Å². The molecule has 0 aliphatic rings. The van der Waals surface area contributed by atoms with Gasteiger partial charge in [0.05, 0.1) is 19.0 Å². The molecule has 0 rings (SSSR count). The molecule has 0 amide bonds. The van der Waals surface area contributed by atoms with E-state index in [4.69, 9.17) is 4.18 Å². The van der Waals surface area contributed by atoms with Gasteiger partial charge in [0.15, 0.2) is 0 Å². The molecule has 0 heterocycles. The van der Waals surface area contributed by atoms with E-state index in [-0.39, 0.29) is 12.4 Å². The van der Waals surface area contributed by atoms with Crippen molar-refractivity contribution in [3.05, 3.63) is 0 Å². The van der Waals surface area contributed by atoms with Crippen LogP contribution in [0.4, 0.5) is 4.39 Å². The molecule has 214 valence electrons. The normalized spacial score (nSPS) is 11.4. The van der Waals surface area contributed by atoms with Crippen LogP contribution in [-0.4, -0.2) is 41.5 Å². The fourth-order valence-electron chi connectivity index (χ4n) is 4.15. The van der Waals surface area contributed by atoms with Crippen LogP contribution in [-0.2, 0) is 14.3 Å². The van der Waals surface area contributed by atoms with Crippen LogP contribution in [0, 0.1) is 0 Å². The second-order valence-electron chi connectivity index (χ2n) is 10.1. The second kappa shape index (κ2) is 31.8. The zero-order valence-corrected chi connectivity index (χ0v) is 24.7. The minimum Gasteiger partial charge on any atom is -0.323 e. The topological polar surface area (TPSA) is 55.4 Å². The Hall–Kier alpha value is -0.200. The van der Waals surface area contributed by atoms with Gasteiger partial charge in [-0.05, 0) is 33.4 Å². The Kier molecular flexibility index (Phi) is 33.6. The Morgan fingerprint density at radius 1 is 0.543 bits per heavy atom. The van der Waals surface area contributed by atoms with Crippen molar-refractivity contribution in [2.75, 3.05) is 33.1 Å². The van der Waals surface area contributed by atoms with Crippen LogP contribution in [0.5, 0.6) is 0 Å². The van der Waals surface area contributed by atoms with E-state index in [0.717, 1.165) is 38.5 Å². The van der Waals surface area contributed by atoms with Gasteiger partial charge in [0.25, 0.3) is 10.1 Å². The predicted molar refractivity (Wildman–Crippen MR) is 153 cm³/mol. The molecule has 0 bridgehead atoms. The third-order valence-electron chi connectivity index (χ3n) is 6.29. The van der Waals surface area contributed by atoms with Crippen LogP contribution in [0.3, 0.4) is 0 Å². The van der Waals surface area contributed by atoms with E-state index in [2.05, 4.69) is 12.2 Å². The Morgan fingerprint density at radius 2 is 0.857 bits per heavy atom. The first-order chi connectivity index (χ1) is 17.0. The molecule has 0 aromatic heterocycles. The molecule has 0 aromatic carbocycles. The molecule has 1 N–H and O–H groups in total. The molecule has 0 radical (unpaired) electrons. The Labute approximate surface area is 220 Å². The number of hydrogen-bond donors (Lipinski definition) is 1. The van der Waals surface area contributed by atoms with Crippen molar-refractivity contribution in [2.24, 2.45) is 0 Å². The first kappa shape index (κ1) is 37.0. The maximum absolute atomic E-state index is 12.0. The summed E-state index contributed by atoms with van der Waals surface area (Å²) in [6.45, 7) is 2.42. The zero-order chi connectivity index (χ0) is 26.3. The Balaban J connectivity index is 0. The van der Waals surface area contributed by atoms with Gasteiger partial charge < -0.3 is 5.32 Å². The summed E-state index contributed by atoms with van der Waals surface area (Å²) >= 11 is 0. The molecule has 6 heteroatoms. The SMILES string of the molecule is CCCCCCCCCCCCCCCOS(=O)(=O)CCCCCCCCCCCCF.CNC. The Morgan fingerprint density at radius 3 is 1.23 bits per heavy atom. The predicted octanol–water partition coefficient (Wildman–Crippen LogP) is 9.13. The van der Waals surface area contributed by atoms with Crippen LogP contribution in [0.1, 0.15) is 155 Å². The standard InChI is InChI=1S/C27H55FO3S.C2H7N/c1-2-3-4-5-6-7-8-9-11-14-17-20-23-26-31-32(29,30)27-24-21-18-15-12-10-13-16-19-22-25-28;1-3-2/h2-27H2,1H3;3H,1-2H3. The first-order valence-electron chi connectivity index (χ1n) is 15.1. The van der Waals surface area contributed by atoms with Crippen molar-refractivity contribution in [2.45, 2.75) is 155 Å². The highest BCUT2D eigenvalue weighted by molar-refractivity contribution is 7.86. The van der Waals surface area contributed by atoms with Crippen LogP contribution >= 0.6 is 0 Å². The second-order valence-corrected chi connectivity index (χ2v) is 11.8. The van der Waals surface area contributed by atoms with E-state index in [1.54, 1.807) is 0 Å². The van der Waals surface area contributed by atoms with Gasteiger partial charge in [-0.3, -0.25) is 8.57 Å². The molecular formula is C29H62FNO3S. The lowest BCUT2D eigenvalue weighted by molar-refractivity contribution is 0.305. The number of hydrogen-bond acceptors (Lipinski definition) is 4. The molecule has 0 atom stereocenters. The highest BCUT2D eigenvalue weighted by Crippen LogP contribution is 2.14. The molecule has 0 saturated heterocycles.